The van der Waals surface area contributed by atoms with Crippen LogP contribution in [0.15, 0.2) is 0 Å². The van der Waals surface area contributed by atoms with Gasteiger partial charge in [0.25, 0.3) is 0 Å². The van der Waals surface area contributed by atoms with E-state index in [1.165, 1.54) is 71.2 Å². The maximum Gasteiger partial charge on any atom is 0.0192 e. The third kappa shape index (κ3) is 4.71. The van der Waals surface area contributed by atoms with Crippen LogP contribution in [0, 0.1) is 5.92 Å². The molecule has 1 aliphatic heterocycles. The van der Waals surface area contributed by atoms with Crippen molar-refractivity contribution in [3.8, 4) is 0 Å². The summed E-state index contributed by atoms with van der Waals surface area (Å²) in [7, 11) is 2.26. The molecule has 1 heterocycles. The van der Waals surface area contributed by atoms with Crippen molar-refractivity contribution in [1.82, 2.24) is 15.1 Å². The van der Waals surface area contributed by atoms with E-state index in [1.807, 2.05) is 0 Å². The molecular weight excluding hydrogens is 246 g/mol. The second-order valence-electron chi connectivity index (χ2n) is 7.05. The number of piperazine rings is 1. The Hall–Kier alpha value is -0.120. The maximum atomic E-state index is 3.83. The standard InChI is InChI=1S/C17H35N3/c1-4-10-18-17-9-7-5-6-8-16(17)14-20-12-11-19(3)15(2)13-20/h15-18H,4-14H2,1-3H3. The summed E-state index contributed by atoms with van der Waals surface area (Å²) in [4.78, 5) is 5.22. The normalized spacial score (nSPS) is 34.0. The Labute approximate surface area is 126 Å². The molecule has 0 aromatic rings. The summed E-state index contributed by atoms with van der Waals surface area (Å²) in [6.07, 6.45) is 8.40. The van der Waals surface area contributed by atoms with Crippen LogP contribution in [0.25, 0.3) is 0 Å². The minimum atomic E-state index is 0.719. The average molecular weight is 281 g/mol. The minimum Gasteiger partial charge on any atom is -0.314 e. The van der Waals surface area contributed by atoms with E-state index in [9.17, 15) is 0 Å². The largest absolute Gasteiger partial charge is 0.314 e. The van der Waals surface area contributed by atoms with Gasteiger partial charge in [-0.15, -0.1) is 0 Å². The maximum absolute atomic E-state index is 3.83. The monoisotopic (exact) mass is 281 g/mol. The van der Waals surface area contributed by atoms with Crippen molar-refractivity contribution >= 4 is 0 Å². The van der Waals surface area contributed by atoms with Crippen LogP contribution in [0.5, 0.6) is 0 Å². The van der Waals surface area contributed by atoms with Gasteiger partial charge in [0.05, 0.1) is 0 Å². The quantitative estimate of drug-likeness (QED) is 0.781. The highest BCUT2D eigenvalue weighted by Crippen LogP contribution is 2.25. The second kappa shape index (κ2) is 8.35. The molecule has 0 radical (unpaired) electrons. The molecule has 2 aliphatic rings. The lowest BCUT2D eigenvalue weighted by molar-refractivity contribution is 0.0842. The molecule has 0 spiro atoms. The molecule has 1 saturated carbocycles. The van der Waals surface area contributed by atoms with Crippen molar-refractivity contribution in [2.75, 3.05) is 39.8 Å². The van der Waals surface area contributed by atoms with Gasteiger partial charge in [0.2, 0.25) is 0 Å². The zero-order chi connectivity index (χ0) is 14.4. The first-order chi connectivity index (χ1) is 9.70. The molecule has 118 valence electrons. The summed E-state index contributed by atoms with van der Waals surface area (Å²) in [5.41, 5.74) is 0. The lowest BCUT2D eigenvalue weighted by Crippen LogP contribution is -2.52. The molecule has 1 saturated heterocycles. The van der Waals surface area contributed by atoms with Crippen molar-refractivity contribution in [2.45, 2.75) is 64.5 Å². The van der Waals surface area contributed by atoms with Crippen LogP contribution < -0.4 is 5.32 Å². The minimum absolute atomic E-state index is 0.719. The fraction of sp³-hybridized carbons (Fsp3) is 1.00. The second-order valence-corrected chi connectivity index (χ2v) is 7.05. The van der Waals surface area contributed by atoms with Gasteiger partial charge in [0.15, 0.2) is 0 Å². The van der Waals surface area contributed by atoms with Gasteiger partial charge in [-0.2, -0.15) is 0 Å². The molecule has 0 bridgehead atoms. The van der Waals surface area contributed by atoms with Crippen molar-refractivity contribution in [3.05, 3.63) is 0 Å². The fourth-order valence-corrected chi connectivity index (χ4v) is 3.82. The van der Waals surface area contributed by atoms with Crippen LogP contribution >= 0.6 is 0 Å². The molecule has 1 N–H and O–H groups in total. The third-order valence-corrected chi connectivity index (χ3v) is 5.35. The van der Waals surface area contributed by atoms with Crippen molar-refractivity contribution in [3.63, 3.8) is 0 Å². The van der Waals surface area contributed by atoms with Gasteiger partial charge >= 0.3 is 0 Å². The number of nitrogens with one attached hydrogen (secondary N) is 1. The molecule has 3 unspecified atom stereocenters. The van der Waals surface area contributed by atoms with Gasteiger partial charge < -0.3 is 15.1 Å². The van der Waals surface area contributed by atoms with E-state index in [2.05, 4.69) is 36.0 Å². The van der Waals surface area contributed by atoms with E-state index in [0.717, 1.165) is 18.0 Å². The lowest BCUT2D eigenvalue weighted by atomic mass is 9.93. The molecule has 0 aromatic heterocycles. The van der Waals surface area contributed by atoms with Crippen LogP contribution in [-0.2, 0) is 0 Å². The Bertz CT molecular complexity index is 269. The fourth-order valence-electron chi connectivity index (χ4n) is 3.82. The molecule has 20 heavy (non-hydrogen) atoms. The van der Waals surface area contributed by atoms with Gasteiger partial charge in [0, 0.05) is 38.3 Å². The molecule has 3 heteroatoms. The van der Waals surface area contributed by atoms with Gasteiger partial charge in [-0.3, -0.25) is 0 Å². The van der Waals surface area contributed by atoms with Crippen molar-refractivity contribution in [2.24, 2.45) is 5.92 Å². The van der Waals surface area contributed by atoms with Crippen molar-refractivity contribution in [1.29, 1.82) is 0 Å². The molecule has 0 aromatic carbocycles. The van der Waals surface area contributed by atoms with E-state index in [0.29, 0.717) is 0 Å². The average Bonchev–Trinajstić information content (AvgIpc) is 2.66. The van der Waals surface area contributed by atoms with Crippen LogP contribution in [0.2, 0.25) is 0 Å². The number of hydrogen-bond donors (Lipinski definition) is 1. The molecule has 1 aliphatic carbocycles. The summed E-state index contributed by atoms with van der Waals surface area (Å²) in [6.45, 7) is 10.9. The Kier molecular flexibility index (Phi) is 6.79. The number of likely N-dealkylation sites (N-methyl/N-ethyl adjacent to an activating group) is 1. The van der Waals surface area contributed by atoms with Crippen LogP contribution in [0.3, 0.4) is 0 Å². The summed E-state index contributed by atoms with van der Waals surface area (Å²) in [6, 6.07) is 1.49. The first-order valence-corrected chi connectivity index (χ1v) is 8.86. The molecule has 3 nitrogen and oxygen atoms in total. The highest BCUT2D eigenvalue weighted by molar-refractivity contribution is 4.85. The van der Waals surface area contributed by atoms with E-state index < -0.39 is 0 Å². The van der Waals surface area contributed by atoms with E-state index in [-0.39, 0.29) is 0 Å². The SMILES string of the molecule is CCCNC1CCCCCC1CN1CCN(C)C(C)C1. The first-order valence-electron chi connectivity index (χ1n) is 8.86. The summed E-state index contributed by atoms with van der Waals surface area (Å²) < 4.78 is 0. The molecular formula is C17H35N3. The predicted molar refractivity (Wildman–Crippen MR) is 87.2 cm³/mol. The topological polar surface area (TPSA) is 18.5 Å². The number of nitrogens with zero attached hydrogens (tertiary/aromatic N) is 2. The van der Waals surface area contributed by atoms with E-state index in [1.54, 1.807) is 0 Å². The smallest absolute Gasteiger partial charge is 0.0192 e. The third-order valence-electron chi connectivity index (χ3n) is 5.35. The highest BCUT2D eigenvalue weighted by Gasteiger charge is 2.28. The van der Waals surface area contributed by atoms with Gasteiger partial charge in [-0.25, -0.2) is 0 Å². The molecule has 2 rings (SSSR count). The Morgan fingerprint density at radius 1 is 1.10 bits per heavy atom. The van der Waals surface area contributed by atoms with Gasteiger partial charge in [0.1, 0.15) is 0 Å². The lowest BCUT2D eigenvalue weighted by Gasteiger charge is -2.40. The Balaban J connectivity index is 1.86. The van der Waals surface area contributed by atoms with Crippen molar-refractivity contribution < 1.29 is 0 Å². The van der Waals surface area contributed by atoms with Crippen LogP contribution in [-0.4, -0.2) is 61.7 Å². The first kappa shape index (κ1) is 16.3. The Morgan fingerprint density at radius 3 is 2.65 bits per heavy atom. The van der Waals surface area contributed by atoms with Crippen LogP contribution in [0.1, 0.15) is 52.4 Å². The van der Waals surface area contributed by atoms with Gasteiger partial charge in [-0.1, -0.05) is 26.2 Å². The number of hydrogen-bond acceptors (Lipinski definition) is 3. The summed E-state index contributed by atoms with van der Waals surface area (Å²) >= 11 is 0. The zero-order valence-electron chi connectivity index (χ0n) is 13.9. The zero-order valence-corrected chi connectivity index (χ0v) is 13.9. The molecule has 2 fully saturated rings. The molecule has 3 atom stereocenters. The predicted octanol–water partition coefficient (Wildman–Crippen LogP) is 2.57. The summed E-state index contributed by atoms with van der Waals surface area (Å²) in [5, 5.41) is 3.83. The molecule has 0 amide bonds. The van der Waals surface area contributed by atoms with Crippen LogP contribution in [0.4, 0.5) is 0 Å². The number of rotatable bonds is 5. The van der Waals surface area contributed by atoms with Gasteiger partial charge in [-0.05, 0) is 45.7 Å². The van der Waals surface area contributed by atoms with E-state index >= 15 is 0 Å². The Morgan fingerprint density at radius 2 is 1.90 bits per heavy atom. The van der Waals surface area contributed by atoms with E-state index in [4.69, 9.17) is 0 Å². The summed E-state index contributed by atoms with van der Waals surface area (Å²) in [5.74, 6) is 0.875. The highest BCUT2D eigenvalue weighted by atomic mass is 15.3.